The monoisotopic (exact) mass is 565 g/mol. The molecule has 5 aromatic rings. The van der Waals surface area contributed by atoms with Gasteiger partial charge >= 0.3 is 0 Å². The molecule has 4 heterocycles. The third-order valence-corrected chi connectivity index (χ3v) is 8.07. The molecule has 0 saturated carbocycles. The van der Waals surface area contributed by atoms with Gasteiger partial charge in [-0.05, 0) is 76.1 Å². The Morgan fingerprint density at radius 1 is 1.07 bits per heavy atom. The minimum Gasteiger partial charge on any atom is -0.457 e. The number of piperidine rings is 1. The van der Waals surface area contributed by atoms with Crippen molar-refractivity contribution in [2.75, 3.05) is 5.32 Å². The second-order valence-corrected chi connectivity index (χ2v) is 10.9. The maximum absolute atomic E-state index is 15.6. The summed E-state index contributed by atoms with van der Waals surface area (Å²) >= 11 is 0. The number of fused-ring (bicyclic) bond motifs is 2. The third-order valence-electron chi connectivity index (χ3n) is 8.07. The van der Waals surface area contributed by atoms with E-state index in [-0.39, 0.29) is 29.6 Å². The molecule has 0 bridgehead atoms. The molecule has 1 amide bonds. The minimum atomic E-state index is -0.448. The standard InChI is InChI=1S/C32H32FN7O2/c1-6-29(41)40-18(2)13-21(14-19(40)3)23-8-9-25-31(37-23)32(35-16-34-25)38-24-10-12-28(20(4)30(24)33)42-22-7-11-27-26(15-22)36-17-39(27)5/h6-12,15-19,21H,1,13-14H2,2-5H3,(H,34,35,38). The SMILES string of the molecule is C=CC(=O)N1C(C)CC(c2ccc3ncnc(Nc4ccc(Oc5ccc6c(c5)ncn6C)c(C)c4F)c3n2)CC1C. The minimum absolute atomic E-state index is 0.0510. The van der Waals surface area contributed by atoms with Gasteiger partial charge in [-0.3, -0.25) is 4.79 Å². The molecule has 6 rings (SSSR count). The average molecular weight is 566 g/mol. The van der Waals surface area contributed by atoms with E-state index in [0.717, 1.165) is 29.6 Å². The molecule has 1 aliphatic rings. The first-order valence-electron chi connectivity index (χ1n) is 13.9. The largest absolute Gasteiger partial charge is 0.457 e. The lowest BCUT2D eigenvalue weighted by molar-refractivity contribution is -0.132. The molecule has 1 aliphatic heterocycles. The Kier molecular flexibility index (Phi) is 7.06. The summed E-state index contributed by atoms with van der Waals surface area (Å²) in [5, 5.41) is 3.13. The fraction of sp³-hybridized carbons (Fsp3) is 0.281. The number of rotatable bonds is 6. The van der Waals surface area contributed by atoms with Gasteiger partial charge in [0.1, 0.15) is 23.3 Å². The summed E-state index contributed by atoms with van der Waals surface area (Å²) in [6.45, 7) is 9.42. The van der Waals surface area contributed by atoms with E-state index in [2.05, 4.69) is 40.7 Å². The van der Waals surface area contributed by atoms with Crippen molar-refractivity contribution in [2.45, 2.75) is 51.6 Å². The molecule has 0 aliphatic carbocycles. The summed E-state index contributed by atoms with van der Waals surface area (Å²) in [6, 6.07) is 12.9. The predicted octanol–water partition coefficient (Wildman–Crippen LogP) is 6.56. The van der Waals surface area contributed by atoms with Crippen molar-refractivity contribution in [2.24, 2.45) is 7.05 Å². The fourth-order valence-electron chi connectivity index (χ4n) is 5.95. The number of aryl methyl sites for hydroxylation is 1. The Balaban J connectivity index is 1.26. The van der Waals surface area contributed by atoms with Crippen molar-refractivity contribution in [3.05, 3.63) is 84.8 Å². The molecular formula is C32H32FN7O2. The highest BCUT2D eigenvalue weighted by Gasteiger charge is 2.34. The van der Waals surface area contributed by atoms with Crippen LogP contribution in [0.1, 0.15) is 43.9 Å². The van der Waals surface area contributed by atoms with Gasteiger partial charge in [-0.25, -0.2) is 24.3 Å². The van der Waals surface area contributed by atoms with Crippen LogP contribution in [0, 0.1) is 12.7 Å². The number of aromatic nitrogens is 5. The second-order valence-electron chi connectivity index (χ2n) is 10.9. The van der Waals surface area contributed by atoms with Gasteiger partial charge in [0.15, 0.2) is 11.6 Å². The topological polar surface area (TPSA) is 98.1 Å². The smallest absolute Gasteiger partial charge is 0.246 e. The van der Waals surface area contributed by atoms with Gasteiger partial charge in [0.05, 0.1) is 28.6 Å². The summed E-state index contributed by atoms with van der Waals surface area (Å²) in [4.78, 5) is 32.3. The van der Waals surface area contributed by atoms with Gasteiger partial charge in [0, 0.05) is 42.4 Å². The molecule has 1 fully saturated rings. The van der Waals surface area contributed by atoms with E-state index in [1.54, 1.807) is 25.4 Å². The molecule has 10 heteroatoms. The van der Waals surface area contributed by atoms with Gasteiger partial charge in [-0.1, -0.05) is 6.58 Å². The summed E-state index contributed by atoms with van der Waals surface area (Å²) in [6.07, 6.45) is 6.11. The highest BCUT2D eigenvalue weighted by Crippen LogP contribution is 2.37. The van der Waals surface area contributed by atoms with Gasteiger partial charge in [0.2, 0.25) is 5.91 Å². The molecule has 2 unspecified atom stereocenters. The van der Waals surface area contributed by atoms with E-state index >= 15 is 4.39 Å². The van der Waals surface area contributed by atoms with Crippen molar-refractivity contribution >= 4 is 39.5 Å². The number of benzene rings is 2. The molecule has 9 nitrogen and oxygen atoms in total. The van der Waals surface area contributed by atoms with Crippen LogP contribution in [0.4, 0.5) is 15.9 Å². The van der Waals surface area contributed by atoms with E-state index in [1.165, 1.54) is 12.4 Å². The average Bonchev–Trinajstić information content (AvgIpc) is 3.35. The lowest BCUT2D eigenvalue weighted by Crippen LogP contribution is -2.48. The van der Waals surface area contributed by atoms with Crippen LogP contribution < -0.4 is 10.1 Å². The van der Waals surface area contributed by atoms with Crippen molar-refractivity contribution in [1.82, 2.24) is 29.4 Å². The number of carbonyl (C=O) groups excluding carboxylic acids is 1. The third kappa shape index (κ3) is 4.93. The second kappa shape index (κ2) is 10.8. The number of halogens is 1. The number of anilines is 2. The molecule has 0 radical (unpaired) electrons. The van der Waals surface area contributed by atoms with Crippen molar-refractivity contribution in [1.29, 1.82) is 0 Å². The van der Waals surface area contributed by atoms with Crippen LogP contribution in [0.15, 0.2) is 67.8 Å². The Bertz CT molecular complexity index is 1820. The molecule has 3 aromatic heterocycles. The van der Waals surface area contributed by atoms with Gasteiger partial charge in [-0.15, -0.1) is 0 Å². The number of nitrogens with one attached hydrogen (secondary N) is 1. The molecule has 42 heavy (non-hydrogen) atoms. The van der Waals surface area contributed by atoms with E-state index in [9.17, 15) is 4.79 Å². The van der Waals surface area contributed by atoms with Crippen LogP contribution >= 0.6 is 0 Å². The van der Waals surface area contributed by atoms with Gasteiger partial charge < -0.3 is 19.5 Å². The maximum atomic E-state index is 15.6. The van der Waals surface area contributed by atoms with Crippen molar-refractivity contribution < 1.29 is 13.9 Å². The van der Waals surface area contributed by atoms with Crippen LogP contribution in [0.2, 0.25) is 0 Å². The number of nitrogens with zero attached hydrogens (tertiary/aromatic N) is 6. The predicted molar refractivity (Wildman–Crippen MR) is 160 cm³/mol. The summed E-state index contributed by atoms with van der Waals surface area (Å²) in [7, 11) is 1.93. The number of hydrogen-bond donors (Lipinski definition) is 1. The van der Waals surface area contributed by atoms with E-state index in [1.807, 2.05) is 46.8 Å². The Labute approximate surface area is 243 Å². The molecular weight excluding hydrogens is 533 g/mol. The number of ether oxygens (including phenoxy) is 1. The maximum Gasteiger partial charge on any atom is 0.246 e. The highest BCUT2D eigenvalue weighted by molar-refractivity contribution is 5.88. The first-order valence-corrected chi connectivity index (χ1v) is 13.9. The van der Waals surface area contributed by atoms with Crippen molar-refractivity contribution in [3.8, 4) is 11.5 Å². The van der Waals surface area contributed by atoms with Crippen LogP contribution in [-0.4, -0.2) is 47.4 Å². The normalized spacial score (nSPS) is 18.8. The molecule has 1 saturated heterocycles. The zero-order valence-corrected chi connectivity index (χ0v) is 24.0. The Hall–Kier alpha value is -4.86. The van der Waals surface area contributed by atoms with E-state index in [0.29, 0.717) is 33.9 Å². The fourth-order valence-corrected chi connectivity index (χ4v) is 5.95. The summed E-state index contributed by atoms with van der Waals surface area (Å²) in [5.41, 5.74) is 4.50. The van der Waals surface area contributed by atoms with E-state index < -0.39 is 5.82 Å². The lowest BCUT2D eigenvalue weighted by atomic mass is 9.84. The zero-order chi connectivity index (χ0) is 29.5. The first-order chi connectivity index (χ1) is 20.2. The lowest BCUT2D eigenvalue weighted by Gasteiger charge is -2.42. The molecule has 2 atom stereocenters. The van der Waals surface area contributed by atoms with Crippen LogP contribution in [0.3, 0.4) is 0 Å². The summed E-state index contributed by atoms with van der Waals surface area (Å²) in [5.74, 6) is 1.05. The number of amides is 1. The Morgan fingerprint density at radius 3 is 2.62 bits per heavy atom. The van der Waals surface area contributed by atoms with Crippen LogP contribution in [0.25, 0.3) is 22.1 Å². The highest BCUT2D eigenvalue weighted by atomic mass is 19.1. The zero-order valence-electron chi connectivity index (χ0n) is 24.0. The number of pyridine rings is 1. The molecule has 0 spiro atoms. The number of carbonyl (C=O) groups is 1. The number of likely N-dealkylation sites (tertiary alicyclic amines) is 1. The van der Waals surface area contributed by atoms with Gasteiger partial charge in [0.25, 0.3) is 0 Å². The quantitative estimate of drug-likeness (QED) is 0.233. The summed E-state index contributed by atoms with van der Waals surface area (Å²) < 4.78 is 23.6. The first kappa shape index (κ1) is 27.3. The Morgan fingerprint density at radius 2 is 1.86 bits per heavy atom. The number of imidazole rings is 1. The van der Waals surface area contributed by atoms with Crippen LogP contribution in [-0.2, 0) is 11.8 Å². The van der Waals surface area contributed by atoms with Crippen LogP contribution in [0.5, 0.6) is 11.5 Å². The number of hydrogen-bond acceptors (Lipinski definition) is 7. The molecule has 214 valence electrons. The van der Waals surface area contributed by atoms with Crippen molar-refractivity contribution in [3.63, 3.8) is 0 Å². The van der Waals surface area contributed by atoms with E-state index in [4.69, 9.17) is 9.72 Å². The molecule has 2 aromatic carbocycles. The molecule has 1 N–H and O–H groups in total. The van der Waals surface area contributed by atoms with Gasteiger partial charge in [-0.2, -0.15) is 0 Å².